The number of nitrogens with zero attached hydrogens (tertiary/aromatic N) is 4. The summed E-state index contributed by atoms with van der Waals surface area (Å²) in [6.45, 7) is 0. The van der Waals surface area contributed by atoms with Crippen LogP contribution in [-0.2, 0) is 0 Å². The fraction of sp³-hybridized carbons (Fsp3) is 0.400. The molecule has 6 nitrogen and oxygen atoms in total. The van der Waals surface area contributed by atoms with Gasteiger partial charge in [0.1, 0.15) is 0 Å². The molecule has 2 heterocycles. The zero-order valence-corrected chi connectivity index (χ0v) is 16.0. The Kier molecular flexibility index (Phi) is 6.00. The van der Waals surface area contributed by atoms with Gasteiger partial charge in [-0.2, -0.15) is 10.4 Å². The number of nitrogens with one attached hydrogen (secondary N) is 2. The van der Waals surface area contributed by atoms with Crippen LogP contribution in [0, 0.1) is 22.7 Å². The minimum atomic E-state index is 0. The Morgan fingerprint density at radius 2 is 2.41 bits per heavy atom. The molecule has 2 aromatic heterocycles. The van der Waals surface area contributed by atoms with Crippen molar-refractivity contribution >= 4 is 11.5 Å². The first-order chi connectivity index (χ1) is 10.2. The number of nitriles is 1. The first kappa shape index (κ1) is 17.4. The fourth-order valence-electron chi connectivity index (χ4n) is 2.60. The van der Waals surface area contributed by atoms with Crippen LogP contribution in [0.3, 0.4) is 0 Å². The van der Waals surface area contributed by atoms with Gasteiger partial charge >= 0.3 is 51.4 Å². The van der Waals surface area contributed by atoms with E-state index in [-0.39, 0.29) is 57.4 Å². The largest absolute Gasteiger partial charge is 1.00 e. The fourth-order valence-corrected chi connectivity index (χ4v) is 2.60. The van der Waals surface area contributed by atoms with Gasteiger partial charge in [-0.25, -0.2) is 0 Å². The van der Waals surface area contributed by atoms with Crippen LogP contribution in [0.25, 0.3) is 5.32 Å². The second-order valence-corrected chi connectivity index (χ2v) is 5.31. The van der Waals surface area contributed by atoms with Crippen LogP contribution in [0.15, 0.2) is 24.7 Å². The Bertz CT molecular complexity index is 691. The van der Waals surface area contributed by atoms with Gasteiger partial charge in [0.25, 0.3) is 0 Å². The zero-order chi connectivity index (χ0) is 14.8. The maximum absolute atomic E-state index is 8.96. The molecule has 0 aromatic carbocycles. The molecule has 1 atom stereocenters. The molecule has 0 bridgehead atoms. The summed E-state index contributed by atoms with van der Waals surface area (Å²) in [5, 5.41) is 25.8. The number of hydrogen-bond acceptors (Lipinski definition) is 3. The van der Waals surface area contributed by atoms with Crippen molar-refractivity contribution in [3.05, 3.63) is 41.1 Å². The summed E-state index contributed by atoms with van der Waals surface area (Å²) in [4.78, 5) is 3.01. The predicted octanol–water partition coefficient (Wildman–Crippen LogP) is 0.131. The van der Waals surface area contributed by atoms with Crippen LogP contribution in [0.5, 0.6) is 0 Å². The smallest absolute Gasteiger partial charge is 0.469 e. The first-order valence-electron chi connectivity index (χ1n) is 7.02. The summed E-state index contributed by atoms with van der Waals surface area (Å²) in [5.74, 6) is 1.25. The average molecular weight is 320 g/mol. The standard InChI is InChI=1S/C15H17N6.K/c1-18-15-12(5-7-19-15)14(17)11-8-20-21(9-11)13(4-6-16)10-2-3-10;/h5,7-10,13,17,19H,2-4H2,1H3;/q-1;+1. The summed E-state index contributed by atoms with van der Waals surface area (Å²) >= 11 is 0. The van der Waals surface area contributed by atoms with Crippen molar-refractivity contribution in [3.8, 4) is 6.07 Å². The van der Waals surface area contributed by atoms with E-state index >= 15 is 0 Å². The summed E-state index contributed by atoms with van der Waals surface area (Å²) in [6, 6.07) is 4.22. The van der Waals surface area contributed by atoms with Gasteiger partial charge in [0.2, 0.25) is 0 Å². The first-order valence-corrected chi connectivity index (χ1v) is 7.02. The predicted molar refractivity (Wildman–Crippen MR) is 79.9 cm³/mol. The molecule has 1 fully saturated rings. The van der Waals surface area contributed by atoms with E-state index in [1.165, 1.54) is 0 Å². The minimum Gasteiger partial charge on any atom is -0.469 e. The molecule has 0 saturated heterocycles. The third-order valence-electron chi connectivity index (χ3n) is 3.91. The molecule has 0 aliphatic heterocycles. The van der Waals surface area contributed by atoms with E-state index in [2.05, 4.69) is 21.5 Å². The Balaban J connectivity index is 0.00000176. The number of H-pyrrole nitrogens is 1. The van der Waals surface area contributed by atoms with Gasteiger partial charge in [0.15, 0.2) is 0 Å². The van der Waals surface area contributed by atoms with Gasteiger partial charge < -0.3 is 10.3 Å². The van der Waals surface area contributed by atoms with Gasteiger partial charge in [-0.1, -0.05) is 25.1 Å². The van der Waals surface area contributed by atoms with Crippen LogP contribution >= 0.6 is 0 Å². The molecule has 2 N–H and O–H groups in total. The van der Waals surface area contributed by atoms with Crippen molar-refractivity contribution < 1.29 is 51.4 Å². The minimum absolute atomic E-state index is 0. The summed E-state index contributed by atoms with van der Waals surface area (Å²) in [6.07, 6.45) is 8.14. The number of hydrogen-bond donors (Lipinski definition) is 2. The quantitative estimate of drug-likeness (QED) is 0.584. The number of rotatable bonds is 6. The molecular formula is C15H17KN6. The van der Waals surface area contributed by atoms with E-state index in [1.807, 2.05) is 16.9 Å². The van der Waals surface area contributed by atoms with E-state index in [0.717, 1.165) is 24.0 Å². The number of aromatic amines is 1. The monoisotopic (exact) mass is 320 g/mol. The summed E-state index contributed by atoms with van der Waals surface area (Å²) in [5.41, 5.74) is 1.91. The summed E-state index contributed by atoms with van der Waals surface area (Å²) < 4.78 is 1.85. The third-order valence-corrected chi connectivity index (χ3v) is 3.91. The van der Waals surface area contributed by atoms with E-state index in [0.29, 0.717) is 23.9 Å². The molecule has 0 spiro atoms. The second-order valence-electron chi connectivity index (χ2n) is 5.31. The Morgan fingerprint density at radius 3 is 3.05 bits per heavy atom. The SMILES string of the molecule is C[N-]c1[nH]ccc1C(=N)c1cnn(C(CC#N)C2CC2)c1.[K+]. The van der Waals surface area contributed by atoms with Crippen LogP contribution in [0.1, 0.15) is 36.4 Å². The van der Waals surface area contributed by atoms with Gasteiger partial charge in [0, 0.05) is 11.8 Å². The van der Waals surface area contributed by atoms with Crippen LogP contribution in [0.4, 0.5) is 5.82 Å². The molecule has 3 rings (SSSR count). The molecule has 22 heavy (non-hydrogen) atoms. The van der Waals surface area contributed by atoms with Crippen molar-refractivity contribution in [2.24, 2.45) is 5.92 Å². The van der Waals surface area contributed by atoms with E-state index < -0.39 is 0 Å². The molecule has 7 heteroatoms. The van der Waals surface area contributed by atoms with Crippen molar-refractivity contribution in [2.45, 2.75) is 25.3 Å². The van der Waals surface area contributed by atoms with Crippen molar-refractivity contribution in [1.82, 2.24) is 14.8 Å². The maximum Gasteiger partial charge on any atom is 1.00 e. The van der Waals surface area contributed by atoms with Crippen LogP contribution < -0.4 is 51.4 Å². The molecule has 1 aliphatic carbocycles. The second kappa shape index (κ2) is 7.57. The Labute approximate surface area is 172 Å². The van der Waals surface area contributed by atoms with Gasteiger partial charge in [0.05, 0.1) is 30.4 Å². The topological polar surface area (TPSA) is 95.3 Å². The maximum atomic E-state index is 8.96. The molecule has 1 unspecified atom stereocenters. The average Bonchev–Trinajstić information content (AvgIpc) is 3.04. The number of aromatic nitrogens is 3. The van der Waals surface area contributed by atoms with Gasteiger partial charge in [-0.15, -0.1) is 0 Å². The molecule has 108 valence electrons. The van der Waals surface area contributed by atoms with Gasteiger partial charge in [-0.05, 0) is 24.3 Å². The molecule has 0 amide bonds. The molecule has 2 aromatic rings. The third kappa shape index (κ3) is 3.52. The van der Waals surface area contributed by atoms with E-state index in [9.17, 15) is 0 Å². The van der Waals surface area contributed by atoms with Crippen LogP contribution in [-0.4, -0.2) is 27.5 Å². The Morgan fingerprint density at radius 1 is 1.64 bits per heavy atom. The van der Waals surface area contributed by atoms with Crippen molar-refractivity contribution in [3.63, 3.8) is 0 Å². The van der Waals surface area contributed by atoms with Gasteiger partial charge in [-0.3, -0.25) is 10.1 Å². The van der Waals surface area contributed by atoms with Crippen molar-refractivity contribution in [1.29, 1.82) is 10.7 Å². The molecule has 1 saturated carbocycles. The normalized spacial score (nSPS) is 14.7. The molecule has 0 radical (unpaired) electrons. The van der Waals surface area contributed by atoms with Crippen molar-refractivity contribution in [2.75, 3.05) is 7.05 Å². The summed E-state index contributed by atoms with van der Waals surface area (Å²) in [7, 11) is 1.70. The van der Waals surface area contributed by atoms with E-state index in [1.54, 1.807) is 19.4 Å². The Hall–Kier alpha value is -0.914. The molecule has 1 aliphatic rings. The molecular weight excluding hydrogens is 303 g/mol. The zero-order valence-electron chi connectivity index (χ0n) is 12.9. The van der Waals surface area contributed by atoms with E-state index in [4.69, 9.17) is 10.7 Å². The van der Waals surface area contributed by atoms with Crippen LogP contribution in [0.2, 0.25) is 0 Å².